The van der Waals surface area contributed by atoms with Gasteiger partial charge in [0.2, 0.25) is 0 Å². The minimum Gasteiger partial charge on any atom is -0.467 e. The normalized spacial score (nSPS) is 18.2. The zero-order chi connectivity index (χ0) is 15.4. The lowest BCUT2D eigenvalue weighted by Gasteiger charge is -2.24. The molecule has 6 heteroatoms. The number of benzene rings is 1. The number of rotatable bonds is 5. The molecule has 1 aromatic carbocycles. The lowest BCUT2D eigenvalue weighted by atomic mass is 9.99. The van der Waals surface area contributed by atoms with E-state index in [1.165, 1.54) is 6.26 Å². The fourth-order valence-electron chi connectivity index (χ4n) is 2.75. The van der Waals surface area contributed by atoms with Crippen LogP contribution >= 0.6 is 12.4 Å². The number of halogens is 1. The van der Waals surface area contributed by atoms with Crippen LogP contribution in [0.3, 0.4) is 0 Å². The van der Waals surface area contributed by atoms with Gasteiger partial charge in [0.05, 0.1) is 24.3 Å². The van der Waals surface area contributed by atoms with E-state index in [9.17, 15) is 4.79 Å². The molecule has 1 saturated heterocycles. The Kier molecular flexibility index (Phi) is 6.21. The summed E-state index contributed by atoms with van der Waals surface area (Å²) in [6.45, 7) is 1.02. The van der Waals surface area contributed by atoms with Gasteiger partial charge in [0.15, 0.2) is 0 Å². The number of amides is 1. The van der Waals surface area contributed by atoms with Gasteiger partial charge in [-0.2, -0.15) is 0 Å². The average Bonchev–Trinajstić information content (AvgIpc) is 3.24. The molecule has 2 atom stereocenters. The highest BCUT2D eigenvalue weighted by molar-refractivity contribution is 5.94. The number of nitrogens with one attached hydrogen (secondary N) is 1. The Labute approximate surface area is 141 Å². The first-order valence-corrected chi connectivity index (χ1v) is 7.53. The lowest BCUT2D eigenvalue weighted by molar-refractivity contribution is 0.0672. The van der Waals surface area contributed by atoms with Crippen molar-refractivity contribution in [2.75, 3.05) is 6.61 Å². The number of carbonyl (C=O) groups excluding carboxylic acids is 1. The third-order valence-corrected chi connectivity index (χ3v) is 3.90. The third kappa shape index (κ3) is 4.13. The number of ether oxygens (including phenoxy) is 1. The summed E-state index contributed by atoms with van der Waals surface area (Å²) in [4.78, 5) is 12.4. The Morgan fingerprint density at radius 2 is 2.13 bits per heavy atom. The van der Waals surface area contributed by atoms with Gasteiger partial charge in [-0.25, -0.2) is 0 Å². The highest BCUT2D eigenvalue weighted by Gasteiger charge is 2.29. The van der Waals surface area contributed by atoms with Gasteiger partial charge in [-0.05, 0) is 24.5 Å². The Bertz CT molecular complexity index is 624. The zero-order valence-corrected chi connectivity index (χ0v) is 13.6. The molecule has 2 unspecified atom stereocenters. The van der Waals surface area contributed by atoms with Gasteiger partial charge in [0.1, 0.15) is 12.0 Å². The molecule has 3 rings (SSSR count). The van der Waals surface area contributed by atoms with Gasteiger partial charge >= 0.3 is 0 Å². The second-order valence-electron chi connectivity index (χ2n) is 5.42. The SMILES string of the molecule is Cl.NCc1cc(C(=O)NC(c2ccccc2)C2CCCO2)co1. The van der Waals surface area contributed by atoms with E-state index in [0.717, 1.165) is 25.0 Å². The molecule has 1 aromatic heterocycles. The molecule has 0 spiro atoms. The lowest BCUT2D eigenvalue weighted by Crippen LogP contribution is -2.36. The van der Waals surface area contributed by atoms with Crippen LogP contribution in [0.4, 0.5) is 0 Å². The molecule has 1 aliphatic heterocycles. The summed E-state index contributed by atoms with van der Waals surface area (Å²) in [7, 11) is 0. The van der Waals surface area contributed by atoms with Gasteiger partial charge in [0.25, 0.3) is 5.91 Å². The van der Waals surface area contributed by atoms with Gasteiger partial charge in [-0.3, -0.25) is 4.79 Å². The molecule has 1 fully saturated rings. The first-order chi connectivity index (χ1) is 10.8. The van der Waals surface area contributed by atoms with Crippen molar-refractivity contribution in [1.82, 2.24) is 5.32 Å². The molecule has 5 nitrogen and oxygen atoms in total. The van der Waals surface area contributed by atoms with E-state index in [2.05, 4.69) is 5.32 Å². The minimum absolute atomic E-state index is 0. The van der Waals surface area contributed by atoms with Crippen LogP contribution in [-0.4, -0.2) is 18.6 Å². The fraction of sp³-hybridized carbons (Fsp3) is 0.353. The molecule has 2 aromatic rings. The highest BCUT2D eigenvalue weighted by atomic mass is 35.5. The molecular weight excluding hydrogens is 316 g/mol. The zero-order valence-electron chi connectivity index (χ0n) is 12.7. The first-order valence-electron chi connectivity index (χ1n) is 7.53. The average molecular weight is 337 g/mol. The van der Waals surface area contributed by atoms with Gasteiger partial charge < -0.3 is 20.2 Å². The summed E-state index contributed by atoms with van der Waals surface area (Å²) in [5.74, 6) is 0.423. The maximum absolute atomic E-state index is 12.4. The van der Waals surface area contributed by atoms with Crippen molar-refractivity contribution < 1.29 is 13.9 Å². The Morgan fingerprint density at radius 3 is 2.74 bits per heavy atom. The van der Waals surface area contributed by atoms with Crippen molar-refractivity contribution in [2.45, 2.75) is 31.5 Å². The smallest absolute Gasteiger partial charge is 0.255 e. The third-order valence-electron chi connectivity index (χ3n) is 3.90. The Hall–Kier alpha value is -1.82. The van der Waals surface area contributed by atoms with Crippen LogP contribution in [0, 0.1) is 0 Å². The van der Waals surface area contributed by atoms with Gasteiger partial charge in [0, 0.05) is 6.61 Å². The molecule has 0 bridgehead atoms. The van der Waals surface area contributed by atoms with Crippen molar-refractivity contribution in [1.29, 1.82) is 0 Å². The maximum atomic E-state index is 12.4. The second kappa shape index (κ2) is 8.15. The number of hydrogen-bond donors (Lipinski definition) is 2. The predicted octanol–water partition coefficient (Wildman–Crippen LogP) is 2.81. The summed E-state index contributed by atoms with van der Waals surface area (Å²) in [6.07, 6.45) is 3.41. The van der Waals surface area contributed by atoms with Crippen molar-refractivity contribution in [3.8, 4) is 0 Å². The fourth-order valence-corrected chi connectivity index (χ4v) is 2.75. The van der Waals surface area contributed by atoms with Crippen LogP contribution in [0.5, 0.6) is 0 Å². The summed E-state index contributed by atoms with van der Waals surface area (Å²) in [6, 6.07) is 11.4. The standard InChI is InChI=1S/C17H20N2O3.ClH/c18-10-14-9-13(11-22-14)17(20)19-16(15-7-4-8-21-15)12-5-2-1-3-6-12;/h1-3,5-6,9,11,15-16H,4,7-8,10,18H2,(H,19,20);1H. The van der Waals surface area contributed by atoms with E-state index >= 15 is 0 Å². The van der Waals surface area contributed by atoms with E-state index in [1.54, 1.807) is 6.07 Å². The van der Waals surface area contributed by atoms with Crippen molar-refractivity contribution in [3.63, 3.8) is 0 Å². The molecule has 2 heterocycles. The Morgan fingerprint density at radius 1 is 1.35 bits per heavy atom. The monoisotopic (exact) mass is 336 g/mol. The summed E-state index contributed by atoms with van der Waals surface area (Å²) in [5.41, 5.74) is 7.04. The first kappa shape index (κ1) is 17.5. The molecule has 1 amide bonds. The van der Waals surface area contributed by atoms with E-state index in [1.807, 2.05) is 30.3 Å². The van der Waals surface area contributed by atoms with Crippen molar-refractivity contribution in [2.24, 2.45) is 5.73 Å². The summed E-state index contributed by atoms with van der Waals surface area (Å²) in [5, 5.41) is 3.06. The Balaban J connectivity index is 0.00000192. The van der Waals surface area contributed by atoms with Crippen LogP contribution in [0.1, 0.15) is 40.6 Å². The van der Waals surface area contributed by atoms with Crippen LogP contribution < -0.4 is 11.1 Å². The summed E-state index contributed by atoms with van der Waals surface area (Å²) >= 11 is 0. The van der Waals surface area contributed by atoms with E-state index in [0.29, 0.717) is 11.3 Å². The van der Waals surface area contributed by atoms with Gasteiger partial charge in [-0.15, -0.1) is 12.4 Å². The van der Waals surface area contributed by atoms with Crippen LogP contribution in [-0.2, 0) is 11.3 Å². The van der Waals surface area contributed by atoms with Crippen LogP contribution in [0.15, 0.2) is 47.1 Å². The summed E-state index contributed by atoms with van der Waals surface area (Å²) < 4.78 is 11.0. The molecule has 3 N–H and O–H groups in total. The second-order valence-corrected chi connectivity index (χ2v) is 5.42. The topological polar surface area (TPSA) is 77.5 Å². The quantitative estimate of drug-likeness (QED) is 0.880. The molecule has 0 saturated carbocycles. The molecule has 0 radical (unpaired) electrons. The largest absolute Gasteiger partial charge is 0.467 e. The number of furan rings is 1. The molecule has 23 heavy (non-hydrogen) atoms. The number of nitrogens with two attached hydrogens (primary N) is 1. The predicted molar refractivity (Wildman–Crippen MR) is 89.5 cm³/mol. The highest BCUT2D eigenvalue weighted by Crippen LogP contribution is 2.27. The maximum Gasteiger partial charge on any atom is 0.255 e. The van der Waals surface area contributed by atoms with Crippen molar-refractivity contribution >= 4 is 18.3 Å². The van der Waals surface area contributed by atoms with E-state index < -0.39 is 0 Å². The van der Waals surface area contributed by atoms with Crippen LogP contribution in [0.25, 0.3) is 0 Å². The molecule has 1 aliphatic rings. The number of hydrogen-bond acceptors (Lipinski definition) is 4. The molecule has 0 aliphatic carbocycles. The van der Waals surface area contributed by atoms with E-state index in [-0.39, 0.29) is 37.0 Å². The molecular formula is C17H21ClN2O3. The van der Waals surface area contributed by atoms with E-state index in [4.69, 9.17) is 14.9 Å². The van der Waals surface area contributed by atoms with Gasteiger partial charge in [-0.1, -0.05) is 30.3 Å². The molecule has 124 valence electrons. The number of carbonyl (C=O) groups is 1. The van der Waals surface area contributed by atoms with Crippen LogP contribution in [0.2, 0.25) is 0 Å². The van der Waals surface area contributed by atoms with Crippen molar-refractivity contribution in [3.05, 3.63) is 59.5 Å². The minimum atomic E-state index is -0.173.